The molecule has 0 bridgehead atoms. The van der Waals surface area contributed by atoms with Crippen LogP contribution in [0.5, 0.6) is 0 Å². The summed E-state index contributed by atoms with van der Waals surface area (Å²) in [4.78, 5) is 13.7. The van der Waals surface area contributed by atoms with Crippen LogP contribution in [0.15, 0.2) is 24.3 Å². The molecule has 0 aliphatic carbocycles. The van der Waals surface area contributed by atoms with E-state index in [1.807, 2.05) is 4.90 Å². The molecule has 23 heavy (non-hydrogen) atoms. The number of hydrogen-bond acceptors (Lipinski definition) is 5. The van der Waals surface area contributed by atoms with E-state index in [4.69, 9.17) is 14.6 Å². The van der Waals surface area contributed by atoms with Gasteiger partial charge in [0.15, 0.2) is 0 Å². The summed E-state index contributed by atoms with van der Waals surface area (Å²) in [5.74, 6) is -0.847. The van der Waals surface area contributed by atoms with Crippen molar-refractivity contribution in [2.45, 2.75) is 31.6 Å². The summed E-state index contributed by atoms with van der Waals surface area (Å²) in [6.07, 6.45) is 1.82. The first kappa shape index (κ1) is 17.9. The maximum atomic E-state index is 11.7. The van der Waals surface area contributed by atoms with E-state index in [0.29, 0.717) is 26.3 Å². The average Bonchev–Trinajstić information content (AvgIpc) is 2.57. The third kappa shape index (κ3) is 5.00. The van der Waals surface area contributed by atoms with Crippen LogP contribution in [-0.4, -0.2) is 60.6 Å². The Kier molecular flexibility index (Phi) is 6.98. The molecular weight excluding hydrogens is 298 g/mol. The van der Waals surface area contributed by atoms with Gasteiger partial charge in [-0.25, -0.2) is 0 Å². The minimum atomic E-state index is -0.847. The molecule has 1 atom stereocenters. The summed E-state index contributed by atoms with van der Waals surface area (Å²) < 4.78 is 10.7. The number of nitrogens with zero attached hydrogens (tertiary/aromatic N) is 1. The number of rotatable bonds is 8. The molecule has 1 aliphatic rings. The Morgan fingerprint density at radius 3 is 2.43 bits per heavy atom. The number of piperidine rings is 1. The zero-order valence-electron chi connectivity index (χ0n) is 13.5. The van der Waals surface area contributed by atoms with E-state index in [2.05, 4.69) is 0 Å². The summed E-state index contributed by atoms with van der Waals surface area (Å²) in [5.41, 5.74) is 1.52. The number of carboxylic acid groups (broad SMARTS) is 1. The van der Waals surface area contributed by atoms with Crippen molar-refractivity contribution in [3.8, 4) is 0 Å². The van der Waals surface area contributed by atoms with Crippen LogP contribution < -0.4 is 0 Å². The first-order chi connectivity index (χ1) is 11.2. The second-order valence-corrected chi connectivity index (χ2v) is 5.74. The molecule has 1 aliphatic heterocycles. The lowest BCUT2D eigenvalue weighted by atomic mass is 9.99. The Morgan fingerprint density at radius 1 is 1.26 bits per heavy atom. The molecule has 1 aromatic rings. The summed E-state index contributed by atoms with van der Waals surface area (Å²) in [6.45, 7) is 2.50. The molecule has 0 saturated carbocycles. The van der Waals surface area contributed by atoms with E-state index >= 15 is 0 Å². The fourth-order valence-corrected chi connectivity index (χ4v) is 2.91. The number of hydrogen-bond donors (Lipinski definition) is 2. The quantitative estimate of drug-likeness (QED) is 0.705. The van der Waals surface area contributed by atoms with Crippen LogP contribution in [0, 0.1) is 0 Å². The van der Waals surface area contributed by atoms with Crippen molar-refractivity contribution in [1.29, 1.82) is 0 Å². The van der Waals surface area contributed by atoms with Crippen molar-refractivity contribution < 1.29 is 24.5 Å². The standard InChI is InChI=1S/C17H25NO5/c1-22-10-11-23-15-6-8-18(9-7-15)16(17(20)21)14-4-2-13(12-19)3-5-14/h2-5,15-16,19H,6-12H2,1H3,(H,20,21)/t16-/m1/s1. The van der Waals surface area contributed by atoms with Crippen molar-refractivity contribution >= 4 is 5.97 Å². The van der Waals surface area contributed by atoms with Gasteiger partial charge in [-0.15, -0.1) is 0 Å². The zero-order valence-corrected chi connectivity index (χ0v) is 13.5. The van der Waals surface area contributed by atoms with Crippen LogP contribution in [0.4, 0.5) is 0 Å². The maximum Gasteiger partial charge on any atom is 0.325 e. The minimum absolute atomic E-state index is 0.0395. The van der Waals surface area contributed by atoms with Gasteiger partial charge in [-0.2, -0.15) is 0 Å². The van der Waals surface area contributed by atoms with Crippen molar-refractivity contribution in [1.82, 2.24) is 4.90 Å². The minimum Gasteiger partial charge on any atom is -0.480 e. The van der Waals surface area contributed by atoms with Crippen LogP contribution >= 0.6 is 0 Å². The largest absolute Gasteiger partial charge is 0.480 e. The van der Waals surface area contributed by atoms with Crippen molar-refractivity contribution in [3.05, 3.63) is 35.4 Å². The lowest BCUT2D eigenvalue weighted by molar-refractivity contribution is -0.145. The molecule has 1 fully saturated rings. The highest BCUT2D eigenvalue weighted by molar-refractivity contribution is 5.75. The number of aliphatic hydroxyl groups excluding tert-OH is 1. The number of carboxylic acids is 1. The Bertz CT molecular complexity index is 482. The van der Waals surface area contributed by atoms with Gasteiger partial charge >= 0.3 is 5.97 Å². The van der Waals surface area contributed by atoms with Gasteiger partial charge in [0.2, 0.25) is 0 Å². The second kappa shape index (κ2) is 8.98. The van der Waals surface area contributed by atoms with Crippen LogP contribution in [0.25, 0.3) is 0 Å². The van der Waals surface area contributed by atoms with Crippen molar-refractivity contribution in [2.24, 2.45) is 0 Å². The van der Waals surface area contributed by atoms with E-state index in [0.717, 1.165) is 24.0 Å². The number of methoxy groups -OCH3 is 1. The van der Waals surface area contributed by atoms with Crippen molar-refractivity contribution in [3.63, 3.8) is 0 Å². The first-order valence-electron chi connectivity index (χ1n) is 7.92. The van der Waals surface area contributed by atoms with Crippen LogP contribution in [0.2, 0.25) is 0 Å². The van der Waals surface area contributed by atoms with Crippen LogP contribution in [0.1, 0.15) is 30.0 Å². The summed E-state index contributed by atoms with van der Waals surface area (Å²) in [5, 5.41) is 18.7. The van der Waals surface area contributed by atoms with E-state index in [1.54, 1.807) is 31.4 Å². The van der Waals surface area contributed by atoms with Gasteiger partial charge in [-0.3, -0.25) is 9.69 Å². The topological polar surface area (TPSA) is 79.2 Å². The number of ether oxygens (including phenoxy) is 2. The molecule has 1 heterocycles. The number of carbonyl (C=O) groups is 1. The van der Waals surface area contributed by atoms with Gasteiger partial charge in [0.25, 0.3) is 0 Å². The molecule has 0 unspecified atom stereocenters. The van der Waals surface area contributed by atoms with Gasteiger partial charge in [0.05, 0.1) is 25.9 Å². The SMILES string of the molecule is COCCOC1CCN([C@@H](C(=O)O)c2ccc(CO)cc2)CC1. The normalized spacial score (nSPS) is 18.0. The van der Waals surface area contributed by atoms with Crippen LogP contribution in [-0.2, 0) is 20.9 Å². The number of aliphatic hydroxyl groups is 1. The van der Waals surface area contributed by atoms with E-state index in [1.165, 1.54) is 0 Å². The molecule has 0 spiro atoms. The van der Waals surface area contributed by atoms with Gasteiger partial charge in [-0.1, -0.05) is 24.3 Å². The predicted octanol–water partition coefficient (Wildman–Crippen LogP) is 1.43. The Labute approximate surface area is 136 Å². The second-order valence-electron chi connectivity index (χ2n) is 5.74. The summed E-state index contributed by atoms with van der Waals surface area (Å²) >= 11 is 0. The highest BCUT2D eigenvalue weighted by Gasteiger charge is 2.31. The average molecular weight is 323 g/mol. The van der Waals surface area contributed by atoms with E-state index < -0.39 is 12.0 Å². The number of aliphatic carboxylic acids is 1. The smallest absolute Gasteiger partial charge is 0.325 e. The third-order valence-electron chi connectivity index (χ3n) is 4.19. The van der Waals surface area contributed by atoms with Gasteiger partial charge in [0.1, 0.15) is 6.04 Å². The molecular formula is C17H25NO5. The Balaban J connectivity index is 1.95. The number of benzene rings is 1. The number of likely N-dealkylation sites (tertiary alicyclic amines) is 1. The molecule has 0 amide bonds. The monoisotopic (exact) mass is 323 g/mol. The highest BCUT2D eigenvalue weighted by Crippen LogP contribution is 2.26. The molecule has 1 aromatic carbocycles. The fraction of sp³-hybridized carbons (Fsp3) is 0.588. The molecule has 6 heteroatoms. The molecule has 1 saturated heterocycles. The molecule has 2 rings (SSSR count). The zero-order chi connectivity index (χ0) is 16.7. The van der Waals surface area contributed by atoms with E-state index in [-0.39, 0.29) is 12.7 Å². The van der Waals surface area contributed by atoms with E-state index in [9.17, 15) is 9.90 Å². The molecule has 6 nitrogen and oxygen atoms in total. The predicted molar refractivity (Wildman–Crippen MR) is 85.2 cm³/mol. The molecule has 0 radical (unpaired) electrons. The highest BCUT2D eigenvalue weighted by atomic mass is 16.5. The lowest BCUT2D eigenvalue weighted by Crippen LogP contribution is -2.42. The Morgan fingerprint density at radius 2 is 1.91 bits per heavy atom. The first-order valence-corrected chi connectivity index (χ1v) is 7.92. The van der Waals surface area contributed by atoms with Gasteiger partial charge < -0.3 is 19.7 Å². The van der Waals surface area contributed by atoms with Gasteiger partial charge in [-0.05, 0) is 24.0 Å². The van der Waals surface area contributed by atoms with Gasteiger partial charge in [0, 0.05) is 20.2 Å². The fourth-order valence-electron chi connectivity index (χ4n) is 2.91. The third-order valence-corrected chi connectivity index (χ3v) is 4.19. The lowest BCUT2D eigenvalue weighted by Gasteiger charge is -2.35. The molecule has 0 aromatic heterocycles. The van der Waals surface area contributed by atoms with Crippen LogP contribution in [0.3, 0.4) is 0 Å². The molecule has 128 valence electrons. The summed E-state index contributed by atoms with van der Waals surface area (Å²) in [6, 6.07) is 6.46. The van der Waals surface area contributed by atoms with Crippen molar-refractivity contribution in [2.75, 3.05) is 33.4 Å². The maximum absolute atomic E-state index is 11.7. The molecule has 2 N–H and O–H groups in total. The summed E-state index contributed by atoms with van der Waals surface area (Å²) in [7, 11) is 1.64. The Hall–Kier alpha value is -1.47.